The van der Waals surface area contributed by atoms with Crippen molar-refractivity contribution in [1.29, 1.82) is 0 Å². The molecule has 0 spiro atoms. The Balaban J connectivity index is 2.25. The Morgan fingerprint density at radius 1 is 1.19 bits per heavy atom. The number of piperidine rings is 1. The van der Waals surface area contributed by atoms with Gasteiger partial charge in [-0.05, 0) is 36.8 Å². The number of fused-ring (bicyclic) bond motifs is 1. The van der Waals surface area contributed by atoms with E-state index in [1.807, 2.05) is 6.07 Å². The van der Waals surface area contributed by atoms with Gasteiger partial charge in [-0.3, -0.25) is 4.79 Å². The minimum atomic E-state index is -0.0407. The molecule has 1 aliphatic rings. The zero-order valence-electron chi connectivity index (χ0n) is 13.1. The zero-order valence-corrected chi connectivity index (χ0v) is 13.1. The van der Waals surface area contributed by atoms with Gasteiger partial charge in [-0.2, -0.15) is 0 Å². The van der Waals surface area contributed by atoms with Gasteiger partial charge in [0.1, 0.15) is 5.82 Å². The van der Waals surface area contributed by atoms with Gasteiger partial charge in [0.2, 0.25) is 0 Å². The van der Waals surface area contributed by atoms with Crippen molar-refractivity contribution in [2.45, 2.75) is 45.4 Å². The Hall–Kier alpha value is -1.84. The van der Waals surface area contributed by atoms with Crippen LogP contribution in [0.1, 0.15) is 45.7 Å². The first-order chi connectivity index (χ1) is 9.97. The lowest BCUT2D eigenvalue weighted by Gasteiger charge is -2.30. The second-order valence-electron chi connectivity index (χ2n) is 6.90. The summed E-state index contributed by atoms with van der Waals surface area (Å²) < 4.78 is 0. The predicted octanol–water partition coefficient (Wildman–Crippen LogP) is 3.21. The summed E-state index contributed by atoms with van der Waals surface area (Å²) in [5.41, 5.74) is 0.976. The molecule has 0 bridgehead atoms. The fraction of sp³-hybridized carbons (Fsp3) is 0.529. The van der Waals surface area contributed by atoms with Crippen molar-refractivity contribution in [3.05, 3.63) is 34.4 Å². The van der Waals surface area contributed by atoms with Crippen LogP contribution in [0.25, 0.3) is 10.8 Å². The van der Waals surface area contributed by atoms with Gasteiger partial charge in [0.25, 0.3) is 5.56 Å². The molecule has 2 aromatic rings. The molecule has 3 heterocycles. The van der Waals surface area contributed by atoms with Crippen LogP contribution in [0.5, 0.6) is 0 Å². The minimum absolute atomic E-state index is 0.0265. The summed E-state index contributed by atoms with van der Waals surface area (Å²) >= 11 is 0. The third-order valence-corrected chi connectivity index (χ3v) is 4.16. The molecular formula is C17H23N3O. The molecule has 0 unspecified atom stereocenters. The summed E-state index contributed by atoms with van der Waals surface area (Å²) in [5.74, 6) is 0.860. The van der Waals surface area contributed by atoms with Crippen LogP contribution >= 0.6 is 0 Å². The van der Waals surface area contributed by atoms with Crippen LogP contribution < -0.4 is 10.5 Å². The lowest BCUT2D eigenvalue weighted by molar-refractivity contribution is 0.555. The number of hydrogen-bond acceptors (Lipinski definition) is 3. The molecule has 1 fully saturated rings. The van der Waals surface area contributed by atoms with Gasteiger partial charge >= 0.3 is 0 Å². The van der Waals surface area contributed by atoms with Crippen LogP contribution in [0, 0.1) is 0 Å². The number of aromatic amines is 1. The van der Waals surface area contributed by atoms with E-state index in [9.17, 15) is 4.79 Å². The fourth-order valence-electron chi connectivity index (χ4n) is 2.91. The highest BCUT2D eigenvalue weighted by Crippen LogP contribution is 2.30. The summed E-state index contributed by atoms with van der Waals surface area (Å²) in [6, 6.07) is 4.03. The van der Waals surface area contributed by atoms with Gasteiger partial charge in [0.15, 0.2) is 0 Å². The molecule has 21 heavy (non-hydrogen) atoms. The lowest BCUT2D eigenvalue weighted by atomic mass is 9.90. The number of hydrogen-bond donors (Lipinski definition) is 1. The quantitative estimate of drug-likeness (QED) is 0.875. The smallest absolute Gasteiger partial charge is 0.259 e. The maximum absolute atomic E-state index is 12.3. The molecule has 0 radical (unpaired) electrons. The number of H-pyrrole nitrogens is 1. The Kier molecular flexibility index (Phi) is 3.47. The Morgan fingerprint density at radius 2 is 1.90 bits per heavy atom. The number of nitrogens with one attached hydrogen (secondary N) is 1. The van der Waals surface area contributed by atoms with Crippen molar-refractivity contribution in [1.82, 2.24) is 9.97 Å². The topological polar surface area (TPSA) is 49.0 Å². The second kappa shape index (κ2) is 5.17. The molecule has 1 saturated heterocycles. The van der Waals surface area contributed by atoms with Gasteiger partial charge in [0, 0.05) is 30.4 Å². The summed E-state index contributed by atoms with van der Waals surface area (Å²) in [7, 11) is 0. The summed E-state index contributed by atoms with van der Waals surface area (Å²) in [4.78, 5) is 22.2. The van der Waals surface area contributed by atoms with Crippen molar-refractivity contribution in [2.24, 2.45) is 0 Å². The normalized spacial score (nSPS) is 16.4. The fourth-order valence-corrected chi connectivity index (χ4v) is 2.91. The predicted molar refractivity (Wildman–Crippen MR) is 87.1 cm³/mol. The highest BCUT2D eigenvalue weighted by Gasteiger charge is 2.22. The van der Waals surface area contributed by atoms with E-state index >= 15 is 0 Å². The Morgan fingerprint density at radius 3 is 2.57 bits per heavy atom. The molecule has 0 aromatic carbocycles. The average Bonchev–Trinajstić information content (AvgIpc) is 2.46. The van der Waals surface area contributed by atoms with Gasteiger partial charge in [-0.1, -0.05) is 20.8 Å². The lowest BCUT2D eigenvalue weighted by Crippen LogP contribution is -2.32. The maximum atomic E-state index is 12.3. The van der Waals surface area contributed by atoms with E-state index in [-0.39, 0.29) is 11.0 Å². The molecule has 3 rings (SSSR count). The molecule has 2 aromatic heterocycles. The first kappa shape index (κ1) is 14.1. The molecule has 4 nitrogen and oxygen atoms in total. The summed E-state index contributed by atoms with van der Waals surface area (Å²) in [5, 5.41) is 1.71. The highest BCUT2D eigenvalue weighted by atomic mass is 16.1. The third kappa shape index (κ3) is 2.67. The monoisotopic (exact) mass is 285 g/mol. The van der Waals surface area contributed by atoms with Crippen LogP contribution in [0.2, 0.25) is 0 Å². The standard InChI is InChI=1S/C17H23N3O/c1-17(2,3)13-11-12-7-8-18-16(21)14(12)15(19-13)20-9-5-4-6-10-20/h7-8,11H,4-6,9-10H2,1-3H3,(H,18,21). The molecule has 0 atom stereocenters. The molecule has 1 N–H and O–H groups in total. The van der Waals surface area contributed by atoms with E-state index < -0.39 is 0 Å². The minimum Gasteiger partial charge on any atom is -0.356 e. The summed E-state index contributed by atoms with van der Waals surface area (Å²) in [6.07, 6.45) is 5.34. The largest absolute Gasteiger partial charge is 0.356 e. The Bertz CT molecular complexity index is 706. The van der Waals surface area contributed by atoms with Crippen molar-refractivity contribution in [3.8, 4) is 0 Å². The Labute approximate surface area is 125 Å². The van der Waals surface area contributed by atoms with Crippen LogP contribution in [0.15, 0.2) is 23.1 Å². The van der Waals surface area contributed by atoms with E-state index in [1.54, 1.807) is 6.20 Å². The molecule has 4 heteroatoms. The van der Waals surface area contributed by atoms with Crippen molar-refractivity contribution in [2.75, 3.05) is 18.0 Å². The van der Waals surface area contributed by atoms with E-state index in [1.165, 1.54) is 19.3 Å². The van der Waals surface area contributed by atoms with Gasteiger partial charge in [-0.25, -0.2) is 4.98 Å². The van der Waals surface area contributed by atoms with Gasteiger partial charge in [-0.15, -0.1) is 0 Å². The first-order valence-electron chi connectivity index (χ1n) is 7.75. The van der Waals surface area contributed by atoms with Gasteiger partial charge < -0.3 is 9.88 Å². The number of aromatic nitrogens is 2. The second-order valence-corrected chi connectivity index (χ2v) is 6.90. The van der Waals surface area contributed by atoms with Crippen LogP contribution in [-0.2, 0) is 5.41 Å². The van der Waals surface area contributed by atoms with Crippen molar-refractivity contribution in [3.63, 3.8) is 0 Å². The number of nitrogens with zero attached hydrogens (tertiary/aromatic N) is 2. The number of anilines is 1. The molecular weight excluding hydrogens is 262 g/mol. The average molecular weight is 285 g/mol. The maximum Gasteiger partial charge on any atom is 0.259 e. The van der Waals surface area contributed by atoms with Crippen LogP contribution in [0.3, 0.4) is 0 Å². The van der Waals surface area contributed by atoms with Crippen LogP contribution in [0.4, 0.5) is 5.82 Å². The SMILES string of the molecule is CC(C)(C)c1cc2cc[nH]c(=O)c2c(N2CCCCC2)n1. The molecule has 0 aliphatic carbocycles. The van der Waals surface area contributed by atoms with Crippen molar-refractivity contribution < 1.29 is 0 Å². The zero-order chi connectivity index (χ0) is 15.0. The molecule has 112 valence electrons. The highest BCUT2D eigenvalue weighted by molar-refractivity contribution is 5.91. The molecule has 0 amide bonds. The van der Waals surface area contributed by atoms with E-state index in [0.717, 1.165) is 35.4 Å². The number of pyridine rings is 2. The van der Waals surface area contributed by atoms with E-state index in [2.05, 4.69) is 36.7 Å². The first-order valence-corrected chi connectivity index (χ1v) is 7.75. The van der Waals surface area contributed by atoms with E-state index in [4.69, 9.17) is 4.98 Å². The van der Waals surface area contributed by atoms with Crippen LogP contribution in [-0.4, -0.2) is 23.1 Å². The van der Waals surface area contributed by atoms with E-state index in [0.29, 0.717) is 0 Å². The van der Waals surface area contributed by atoms with Crippen molar-refractivity contribution >= 4 is 16.6 Å². The molecule has 1 aliphatic heterocycles. The summed E-state index contributed by atoms with van der Waals surface area (Å²) in [6.45, 7) is 8.46. The van der Waals surface area contributed by atoms with Gasteiger partial charge in [0.05, 0.1) is 5.39 Å². The molecule has 0 saturated carbocycles. The number of rotatable bonds is 1. The third-order valence-electron chi connectivity index (χ3n) is 4.16.